The van der Waals surface area contributed by atoms with Crippen LogP contribution in [0, 0.1) is 5.82 Å². The van der Waals surface area contributed by atoms with Gasteiger partial charge in [-0.05, 0) is 42.8 Å². The number of aliphatic hydroxyl groups is 1. The van der Waals surface area contributed by atoms with E-state index in [9.17, 15) is 14.6 Å². The molecule has 0 saturated carbocycles. The highest BCUT2D eigenvalue weighted by atomic mass is 19.1. The lowest BCUT2D eigenvalue weighted by Gasteiger charge is -2.27. The van der Waals surface area contributed by atoms with Crippen molar-refractivity contribution in [1.82, 2.24) is 24.4 Å². The van der Waals surface area contributed by atoms with E-state index in [2.05, 4.69) is 19.8 Å². The first-order chi connectivity index (χ1) is 17.6. The Labute approximate surface area is 209 Å². The van der Waals surface area contributed by atoms with Gasteiger partial charge < -0.3 is 20.1 Å². The molecule has 0 fully saturated rings. The van der Waals surface area contributed by atoms with Crippen molar-refractivity contribution < 1.29 is 14.6 Å². The lowest BCUT2D eigenvalue weighted by Crippen LogP contribution is -2.32. The largest absolute Gasteiger partial charge is 0.508 e. The molecule has 1 atom stereocenters. The fraction of sp³-hybridized carbons (Fsp3) is 0.296. The summed E-state index contributed by atoms with van der Waals surface area (Å²) in [6, 6.07) is 15.6. The van der Waals surface area contributed by atoms with E-state index in [0.29, 0.717) is 25.6 Å². The first-order valence-electron chi connectivity index (χ1n) is 12.1. The molecular formula is C27H29FN6O2. The molecule has 0 saturated heterocycles. The van der Waals surface area contributed by atoms with Gasteiger partial charge in [-0.15, -0.1) is 0 Å². The van der Waals surface area contributed by atoms with Gasteiger partial charge in [-0.25, -0.2) is 19.3 Å². The van der Waals surface area contributed by atoms with Gasteiger partial charge >= 0.3 is 0 Å². The smallest absolute Gasteiger partial charge is 0.222 e. The Bertz CT molecular complexity index is 1340. The molecule has 5 rings (SSSR count). The zero-order chi connectivity index (χ0) is 25.1. The molecule has 4 aromatic rings. The van der Waals surface area contributed by atoms with Gasteiger partial charge in [0.2, 0.25) is 5.95 Å². The number of aliphatic hydroxyl groups excluding tert-OH is 1. The first kappa shape index (κ1) is 23.9. The van der Waals surface area contributed by atoms with Gasteiger partial charge in [0.05, 0.1) is 23.7 Å². The number of anilines is 1. The van der Waals surface area contributed by atoms with E-state index < -0.39 is 0 Å². The number of aromatic nitrogens is 4. The van der Waals surface area contributed by atoms with Crippen LogP contribution in [0.5, 0.6) is 5.75 Å². The minimum atomic E-state index is -0.298. The molecule has 0 amide bonds. The summed E-state index contributed by atoms with van der Waals surface area (Å²) < 4.78 is 15.9. The second-order valence-electron chi connectivity index (χ2n) is 8.90. The molecule has 2 aromatic heterocycles. The number of benzene rings is 2. The van der Waals surface area contributed by atoms with Crippen LogP contribution < -0.4 is 5.32 Å². The van der Waals surface area contributed by atoms with E-state index in [1.165, 1.54) is 12.1 Å². The number of rotatable bonds is 9. The number of nitrogens with zero attached hydrogens (tertiary/aromatic N) is 5. The topological polar surface area (TPSA) is 99.3 Å². The molecular weight excluding hydrogens is 459 g/mol. The van der Waals surface area contributed by atoms with Crippen molar-refractivity contribution in [3.8, 4) is 28.4 Å². The molecule has 9 heteroatoms. The van der Waals surface area contributed by atoms with Crippen LogP contribution in [0.25, 0.3) is 22.6 Å². The van der Waals surface area contributed by atoms with Crippen LogP contribution in [0.4, 0.5) is 10.3 Å². The maximum absolute atomic E-state index is 13.7. The molecule has 1 aliphatic rings. The number of fused-ring (bicyclic) bond motifs is 1. The third-order valence-corrected chi connectivity index (χ3v) is 6.56. The summed E-state index contributed by atoms with van der Waals surface area (Å²) in [4.78, 5) is 16.1. The fourth-order valence-corrected chi connectivity index (χ4v) is 4.87. The summed E-state index contributed by atoms with van der Waals surface area (Å²) >= 11 is 0. The van der Waals surface area contributed by atoms with Gasteiger partial charge in [0.1, 0.15) is 17.4 Å². The summed E-state index contributed by atoms with van der Waals surface area (Å²) in [5, 5.41) is 23.0. The highest BCUT2D eigenvalue weighted by molar-refractivity contribution is 5.78. The standard InChI is InChI=1S/C27H29FN6O2/c1-29-27-30-13-12-22(31-27)26-25(18-6-8-20(28)9-7-18)32-24-11-10-21(34(24)26)17-33(14-15-35)16-19-4-2-3-5-23(19)36/h2-9,12-13,21,35-36H,10-11,14-17H2,1H3,(H,29,30,31). The average Bonchev–Trinajstić information content (AvgIpc) is 3.46. The molecule has 0 aliphatic carbocycles. The van der Waals surface area contributed by atoms with Crippen molar-refractivity contribution in [2.45, 2.75) is 25.4 Å². The van der Waals surface area contributed by atoms with Gasteiger partial charge in [-0.1, -0.05) is 18.2 Å². The number of halogens is 1. The number of imidazole rings is 1. The Balaban J connectivity index is 1.55. The van der Waals surface area contributed by atoms with Gasteiger partial charge in [0.25, 0.3) is 0 Å². The van der Waals surface area contributed by atoms with Crippen LogP contribution in [0.3, 0.4) is 0 Å². The van der Waals surface area contributed by atoms with Crippen LogP contribution in [0.2, 0.25) is 0 Å². The maximum Gasteiger partial charge on any atom is 0.222 e. The van der Waals surface area contributed by atoms with Crippen LogP contribution in [0.1, 0.15) is 23.9 Å². The third-order valence-electron chi connectivity index (χ3n) is 6.56. The molecule has 3 N–H and O–H groups in total. The molecule has 3 heterocycles. The molecule has 2 aromatic carbocycles. The highest BCUT2D eigenvalue weighted by Gasteiger charge is 2.32. The summed E-state index contributed by atoms with van der Waals surface area (Å²) in [6.07, 6.45) is 3.40. The van der Waals surface area contributed by atoms with Gasteiger partial charge in [-0.2, -0.15) is 0 Å². The summed E-state index contributed by atoms with van der Waals surface area (Å²) in [5.41, 5.74) is 3.98. The Morgan fingerprint density at radius 2 is 1.92 bits per heavy atom. The van der Waals surface area contributed by atoms with E-state index in [-0.39, 0.29) is 24.2 Å². The maximum atomic E-state index is 13.7. The number of phenolic OH excluding ortho intramolecular Hbond substituents is 1. The number of aryl methyl sites for hydroxylation is 1. The lowest BCUT2D eigenvalue weighted by atomic mass is 10.1. The Kier molecular flexibility index (Phi) is 6.92. The second kappa shape index (κ2) is 10.4. The molecule has 0 spiro atoms. The van der Waals surface area contributed by atoms with E-state index in [0.717, 1.165) is 46.9 Å². The lowest BCUT2D eigenvalue weighted by molar-refractivity contribution is 0.170. The van der Waals surface area contributed by atoms with E-state index >= 15 is 0 Å². The molecule has 0 bridgehead atoms. The molecule has 186 valence electrons. The predicted molar refractivity (Wildman–Crippen MR) is 136 cm³/mol. The van der Waals surface area contributed by atoms with Gasteiger partial charge in [0.15, 0.2) is 0 Å². The Morgan fingerprint density at radius 1 is 1.11 bits per heavy atom. The van der Waals surface area contributed by atoms with Gasteiger partial charge in [0, 0.05) is 56.5 Å². The Hall–Kier alpha value is -3.82. The molecule has 8 nitrogen and oxygen atoms in total. The zero-order valence-electron chi connectivity index (χ0n) is 20.1. The number of nitrogens with one attached hydrogen (secondary N) is 1. The van der Waals surface area contributed by atoms with Crippen molar-refractivity contribution >= 4 is 5.95 Å². The normalized spacial score (nSPS) is 14.8. The average molecular weight is 489 g/mol. The van der Waals surface area contributed by atoms with Gasteiger partial charge in [-0.3, -0.25) is 4.90 Å². The molecule has 1 unspecified atom stereocenters. The van der Waals surface area contributed by atoms with Crippen molar-refractivity contribution in [3.05, 3.63) is 78.0 Å². The number of hydrogen-bond donors (Lipinski definition) is 3. The Morgan fingerprint density at radius 3 is 2.67 bits per heavy atom. The minimum absolute atomic E-state index is 0.0161. The number of para-hydroxylation sites is 1. The molecule has 1 aliphatic heterocycles. The van der Waals surface area contributed by atoms with E-state index in [1.807, 2.05) is 18.2 Å². The SMILES string of the molecule is CNc1nccc(-c2c(-c3ccc(F)cc3)nc3n2C(CN(CCO)Cc2ccccc2O)CC3)n1. The predicted octanol–water partition coefficient (Wildman–Crippen LogP) is 3.88. The molecule has 0 radical (unpaired) electrons. The number of hydrogen-bond acceptors (Lipinski definition) is 7. The van der Waals surface area contributed by atoms with Crippen molar-refractivity contribution in [2.24, 2.45) is 0 Å². The molecule has 36 heavy (non-hydrogen) atoms. The second-order valence-corrected chi connectivity index (χ2v) is 8.90. The van der Waals surface area contributed by atoms with Crippen molar-refractivity contribution in [1.29, 1.82) is 0 Å². The summed E-state index contributed by atoms with van der Waals surface area (Å²) in [5.74, 6) is 1.40. The highest BCUT2D eigenvalue weighted by Crippen LogP contribution is 2.39. The fourth-order valence-electron chi connectivity index (χ4n) is 4.87. The summed E-state index contributed by atoms with van der Waals surface area (Å²) in [6.45, 7) is 1.68. The summed E-state index contributed by atoms with van der Waals surface area (Å²) in [7, 11) is 1.77. The van der Waals surface area contributed by atoms with Crippen molar-refractivity contribution in [3.63, 3.8) is 0 Å². The number of phenols is 1. The third kappa shape index (κ3) is 4.80. The van der Waals surface area contributed by atoms with Crippen LogP contribution in [0.15, 0.2) is 60.8 Å². The zero-order valence-corrected chi connectivity index (χ0v) is 20.1. The quantitative estimate of drug-likeness (QED) is 0.329. The van der Waals surface area contributed by atoms with E-state index in [1.54, 1.807) is 37.5 Å². The minimum Gasteiger partial charge on any atom is -0.508 e. The van der Waals surface area contributed by atoms with Crippen LogP contribution in [-0.4, -0.2) is 61.4 Å². The first-order valence-corrected chi connectivity index (χ1v) is 12.1. The van der Waals surface area contributed by atoms with Crippen LogP contribution in [-0.2, 0) is 13.0 Å². The monoisotopic (exact) mass is 488 g/mol. The van der Waals surface area contributed by atoms with E-state index in [4.69, 9.17) is 9.97 Å². The van der Waals surface area contributed by atoms with Crippen molar-refractivity contribution in [2.75, 3.05) is 32.1 Å². The van der Waals surface area contributed by atoms with Crippen LogP contribution >= 0.6 is 0 Å². The number of aromatic hydroxyl groups is 1.